The molecule has 0 aliphatic carbocycles. The van der Waals surface area contributed by atoms with Gasteiger partial charge in [-0.3, -0.25) is 14.5 Å². The van der Waals surface area contributed by atoms with Crippen molar-refractivity contribution in [2.75, 3.05) is 36.2 Å². The van der Waals surface area contributed by atoms with Gasteiger partial charge in [0, 0.05) is 17.8 Å². The summed E-state index contributed by atoms with van der Waals surface area (Å²) >= 11 is 0. The number of rotatable bonds is 6. The zero-order chi connectivity index (χ0) is 26.3. The number of nitrogens with one attached hydrogen (secondary N) is 1. The van der Waals surface area contributed by atoms with Crippen molar-refractivity contribution in [1.82, 2.24) is 25.1 Å². The molecule has 1 aliphatic heterocycles. The highest BCUT2D eigenvalue weighted by atomic mass is 19.1. The topological polar surface area (TPSA) is 184 Å². The molecular formula is C22H21FN8O6. The summed E-state index contributed by atoms with van der Waals surface area (Å²) in [5.41, 5.74) is 4.29. The predicted molar refractivity (Wildman–Crippen MR) is 125 cm³/mol. The molecule has 0 unspecified atom stereocenters. The van der Waals surface area contributed by atoms with E-state index in [0.29, 0.717) is 16.7 Å². The predicted octanol–water partition coefficient (Wildman–Crippen LogP) is 0.655. The molecular weight excluding hydrogens is 491 g/mol. The van der Waals surface area contributed by atoms with Gasteiger partial charge in [-0.25, -0.2) is 9.07 Å². The van der Waals surface area contributed by atoms with Crippen LogP contribution in [-0.4, -0.2) is 74.0 Å². The highest BCUT2D eigenvalue weighted by molar-refractivity contribution is 6.06. The molecule has 37 heavy (non-hydrogen) atoms. The fourth-order valence-electron chi connectivity index (χ4n) is 3.83. The van der Waals surface area contributed by atoms with Gasteiger partial charge in [0.1, 0.15) is 0 Å². The number of hydrogen-bond acceptors (Lipinski definition) is 11. The summed E-state index contributed by atoms with van der Waals surface area (Å²) in [5, 5.41) is 29.4. The van der Waals surface area contributed by atoms with E-state index in [1.165, 1.54) is 31.5 Å². The fourth-order valence-corrected chi connectivity index (χ4v) is 3.83. The third kappa shape index (κ3) is 4.30. The van der Waals surface area contributed by atoms with E-state index in [1.54, 1.807) is 6.07 Å². The summed E-state index contributed by atoms with van der Waals surface area (Å²) in [6, 6.07) is 6.06. The Morgan fingerprint density at radius 3 is 2.97 bits per heavy atom. The summed E-state index contributed by atoms with van der Waals surface area (Å²) < 4.78 is 31.6. The van der Waals surface area contributed by atoms with E-state index in [9.17, 15) is 19.1 Å². The molecule has 15 heteroatoms. The SMILES string of the molecule is COc1cc(-n2cc(F)c(N3CCO[C@H]([C@@](C)(O)C(=O)Nc4ccc5c(N)noc5c4)C3=O)n2)cnn1. The lowest BCUT2D eigenvalue weighted by Crippen LogP contribution is -2.61. The number of nitrogen functional groups attached to an aromatic ring is 1. The molecule has 5 rings (SSSR count). The molecule has 192 valence electrons. The number of benzene rings is 1. The number of halogens is 1. The van der Waals surface area contributed by atoms with Crippen molar-refractivity contribution in [3.05, 3.63) is 42.5 Å². The van der Waals surface area contributed by atoms with Gasteiger partial charge in [0.15, 0.2) is 34.7 Å². The van der Waals surface area contributed by atoms with Gasteiger partial charge in [0.2, 0.25) is 5.88 Å². The fraction of sp³-hybridized carbons (Fsp3) is 0.273. The van der Waals surface area contributed by atoms with Crippen LogP contribution in [0.3, 0.4) is 0 Å². The molecule has 0 bridgehead atoms. The van der Waals surface area contributed by atoms with Gasteiger partial charge in [-0.15, -0.1) is 10.2 Å². The van der Waals surface area contributed by atoms with E-state index in [4.69, 9.17) is 19.7 Å². The maximum atomic E-state index is 14.9. The number of carbonyl (C=O) groups excluding carboxylic acids is 2. The first-order chi connectivity index (χ1) is 17.7. The number of carbonyl (C=O) groups is 2. The van der Waals surface area contributed by atoms with Crippen molar-refractivity contribution >= 4 is 40.1 Å². The molecule has 14 nitrogen and oxygen atoms in total. The maximum Gasteiger partial charge on any atom is 0.261 e. The zero-order valence-electron chi connectivity index (χ0n) is 19.6. The summed E-state index contributed by atoms with van der Waals surface area (Å²) in [5.74, 6) is -2.52. The Bertz CT molecular complexity index is 1500. The van der Waals surface area contributed by atoms with Gasteiger partial charge in [-0.2, -0.15) is 5.10 Å². The summed E-state index contributed by atoms with van der Waals surface area (Å²) in [7, 11) is 1.40. The minimum absolute atomic E-state index is 0.0531. The number of aromatic nitrogens is 5. The smallest absolute Gasteiger partial charge is 0.261 e. The number of hydrogen-bond donors (Lipinski definition) is 3. The summed E-state index contributed by atoms with van der Waals surface area (Å²) in [6.45, 7) is 0.992. The van der Waals surface area contributed by atoms with Crippen molar-refractivity contribution < 1.29 is 33.1 Å². The van der Waals surface area contributed by atoms with E-state index in [-0.39, 0.29) is 36.4 Å². The minimum Gasteiger partial charge on any atom is -0.480 e. The lowest BCUT2D eigenvalue weighted by Gasteiger charge is -2.37. The molecule has 4 aromatic rings. The van der Waals surface area contributed by atoms with E-state index < -0.39 is 29.3 Å². The molecule has 0 spiro atoms. The second-order valence-corrected chi connectivity index (χ2v) is 8.32. The summed E-state index contributed by atoms with van der Waals surface area (Å²) in [4.78, 5) is 27.3. The van der Waals surface area contributed by atoms with Crippen LogP contribution in [0.15, 0.2) is 41.2 Å². The minimum atomic E-state index is -2.33. The molecule has 1 fully saturated rings. The van der Waals surface area contributed by atoms with Crippen molar-refractivity contribution in [3.63, 3.8) is 0 Å². The van der Waals surface area contributed by atoms with Crippen LogP contribution < -0.4 is 20.7 Å². The largest absolute Gasteiger partial charge is 0.480 e. The van der Waals surface area contributed by atoms with Crippen LogP contribution in [-0.2, 0) is 14.3 Å². The van der Waals surface area contributed by atoms with E-state index in [0.717, 1.165) is 22.7 Å². The van der Waals surface area contributed by atoms with Crippen LogP contribution in [0, 0.1) is 5.82 Å². The van der Waals surface area contributed by atoms with Crippen molar-refractivity contribution in [2.24, 2.45) is 0 Å². The Balaban J connectivity index is 1.36. The molecule has 0 saturated carbocycles. The van der Waals surface area contributed by atoms with Crippen LogP contribution in [0.5, 0.6) is 5.88 Å². The van der Waals surface area contributed by atoms with Crippen LogP contribution in [0.1, 0.15) is 6.92 Å². The number of nitrogens with two attached hydrogens (primary N) is 1. The number of fused-ring (bicyclic) bond motifs is 1. The monoisotopic (exact) mass is 512 g/mol. The maximum absolute atomic E-state index is 14.9. The first-order valence-corrected chi connectivity index (χ1v) is 10.9. The molecule has 4 heterocycles. The van der Waals surface area contributed by atoms with Crippen molar-refractivity contribution in [1.29, 1.82) is 0 Å². The Kier molecular flexibility index (Phi) is 5.93. The Morgan fingerprint density at radius 1 is 1.38 bits per heavy atom. The van der Waals surface area contributed by atoms with Crippen LogP contribution in [0.2, 0.25) is 0 Å². The Hall–Kier alpha value is -4.63. The molecule has 1 saturated heterocycles. The van der Waals surface area contributed by atoms with Crippen molar-refractivity contribution in [2.45, 2.75) is 18.6 Å². The van der Waals surface area contributed by atoms with Gasteiger partial charge >= 0.3 is 0 Å². The molecule has 1 aliphatic rings. The van der Waals surface area contributed by atoms with Crippen LogP contribution in [0.4, 0.5) is 21.7 Å². The second kappa shape index (κ2) is 9.11. The van der Waals surface area contributed by atoms with Gasteiger partial charge in [-0.05, 0) is 19.1 Å². The van der Waals surface area contributed by atoms with E-state index >= 15 is 0 Å². The van der Waals surface area contributed by atoms with Crippen LogP contribution >= 0.6 is 0 Å². The number of nitrogens with zero attached hydrogens (tertiary/aromatic N) is 6. The number of methoxy groups -OCH3 is 1. The number of morpholine rings is 1. The summed E-state index contributed by atoms with van der Waals surface area (Å²) in [6.07, 6.45) is 0.751. The number of ether oxygens (including phenoxy) is 2. The first kappa shape index (κ1) is 24.1. The average molecular weight is 512 g/mol. The van der Waals surface area contributed by atoms with Crippen LogP contribution in [0.25, 0.3) is 16.7 Å². The second-order valence-electron chi connectivity index (χ2n) is 8.32. The van der Waals surface area contributed by atoms with Gasteiger partial charge in [-0.1, -0.05) is 5.16 Å². The number of aliphatic hydroxyl groups is 1. The molecule has 4 N–H and O–H groups in total. The number of anilines is 3. The average Bonchev–Trinajstić information content (AvgIpc) is 3.46. The third-order valence-corrected chi connectivity index (χ3v) is 5.82. The standard InChI is InChI=1S/C22H21FN8O6/c1-22(34,21(33)26-11-3-4-13-15(7-11)37-29-18(13)24)17-20(32)30(5-6-36-17)19-14(23)10-31(28-19)12-8-16(35-2)27-25-9-12/h3-4,7-10,17,34H,5-6H2,1-2H3,(H2,24,29)(H,26,33)/t17-,22+/m0/s1. The molecule has 2 amide bonds. The Morgan fingerprint density at radius 2 is 2.19 bits per heavy atom. The lowest BCUT2D eigenvalue weighted by atomic mass is 9.95. The highest BCUT2D eigenvalue weighted by Gasteiger charge is 2.49. The molecule has 3 aromatic heterocycles. The number of amides is 2. The normalized spacial score (nSPS) is 17.6. The highest BCUT2D eigenvalue weighted by Crippen LogP contribution is 2.28. The van der Waals surface area contributed by atoms with Gasteiger partial charge in [0.05, 0.1) is 43.7 Å². The Labute approximate surface area is 207 Å². The molecule has 0 radical (unpaired) electrons. The molecule has 1 aromatic carbocycles. The van der Waals surface area contributed by atoms with E-state index in [1.807, 2.05) is 0 Å². The first-order valence-electron chi connectivity index (χ1n) is 10.9. The molecule has 2 atom stereocenters. The van der Waals surface area contributed by atoms with Crippen molar-refractivity contribution in [3.8, 4) is 11.6 Å². The lowest BCUT2D eigenvalue weighted by molar-refractivity contribution is -0.165. The quantitative estimate of drug-likeness (QED) is 0.330. The van der Waals surface area contributed by atoms with E-state index in [2.05, 4.69) is 25.8 Å². The van der Waals surface area contributed by atoms with Gasteiger partial charge < -0.3 is 30.2 Å². The third-order valence-electron chi connectivity index (χ3n) is 5.82. The van der Waals surface area contributed by atoms with Gasteiger partial charge in [0.25, 0.3) is 11.8 Å². The zero-order valence-corrected chi connectivity index (χ0v) is 19.6.